The van der Waals surface area contributed by atoms with E-state index in [0.717, 1.165) is 17.5 Å². The van der Waals surface area contributed by atoms with Gasteiger partial charge in [0.05, 0.1) is 16.5 Å². The number of thioether (sulfide) groups is 1. The van der Waals surface area contributed by atoms with Crippen molar-refractivity contribution in [3.8, 4) is 0 Å². The van der Waals surface area contributed by atoms with Gasteiger partial charge in [-0.05, 0) is 38.0 Å². The van der Waals surface area contributed by atoms with Crippen molar-refractivity contribution in [2.75, 3.05) is 11.1 Å². The number of anilines is 1. The van der Waals surface area contributed by atoms with Gasteiger partial charge in [0.2, 0.25) is 5.91 Å². The average Bonchev–Trinajstić information content (AvgIpc) is 3.06. The zero-order chi connectivity index (χ0) is 18.5. The summed E-state index contributed by atoms with van der Waals surface area (Å²) in [6.45, 7) is 2.90. The smallest absolute Gasteiger partial charge is 0.234 e. The van der Waals surface area contributed by atoms with Crippen molar-refractivity contribution in [3.05, 3.63) is 34.1 Å². The van der Waals surface area contributed by atoms with Gasteiger partial charge in [0.1, 0.15) is 5.82 Å². The van der Waals surface area contributed by atoms with Crippen LogP contribution in [-0.2, 0) is 11.3 Å². The number of benzene rings is 1. The fourth-order valence-electron chi connectivity index (χ4n) is 3.28. The highest BCUT2D eigenvalue weighted by atomic mass is 35.5. The second-order valence-electron chi connectivity index (χ2n) is 6.38. The van der Waals surface area contributed by atoms with Crippen LogP contribution in [0.25, 0.3) is 0 Å². The van der Waals surface area contributed by atoms with E-state index >= 15 is 0 Å². The third-order valence-electron chi connectivity index (χ3n) is 4.57. The lowest BCUT2D eigenvalue weighted by molar-refractivity contribution is -0.113. The molecule has 2 aromatic rings. The standard InChI is InChI=1S/C18H22Cl2N4OS/c1-2-24-17(12-6-4-3-5-7-12)22-23-18(24)26-11-16(25)21-15-10-13(19)8-9-14(15)20/h8-10,12H,2-7,11H2,1H3,(H,21,25). The molecule has 0 radical (unpaired) electrons. The molecule has 0 atom stereocenters. The summed E-state index contributed by atoms with van der Waals surface area (Å²) < 4.78 is 2.14. The number of carbonyl (C=O) groups is 1. The van der Waals surface area contributed by atoms with Gasteiger partial charge in [-0.1, -0.05) is 54.2 Å². The molecule has 8 heteroatoms. The molecule has 0 unspecified atom stereocenters. The Morgan fingerprint density at radius 2 is 2.04 bits per heavy atom. The van der Waals surface area contributed by atoms with Gasteiger partial charge in [-0.3, -0.25) is 4.79 Å². The number of amides is 1. The van der Waals surface area contributed by atoms with E-state index in [9.17, 15) is 4.79 Å². The molecule has 1 saturated carbocycles. The molecule has 1 heterocycles. The molecule has 3 rings (SSSR count). The van der Waals surface area contributed by atoms with Crippen LogP contribution in [0.4, 0.5) is 5.69 Å². The van der Waals surface area contributed by atoms with E-state index in [1.807, 2.05) is 0 Å². The predicted molar refractivity (Wildman–Crippen MR) is 107 cm³/mol. The lowest BCUT2D eigenvalue weighted by Gasteiger charge is -2.21. The summed E-state index contributed by atoms with van der Waals surface area (Å²) in [6.07, 6.45) is 6.18. The van der Waals surface area contributed by atoms with Crippen LogP contribution in [0.15, 0.2) is 23.4 Å². The molecule has 1 aliphatic rings. The summed E-state index contributed by atoms with van der Waals surface area (Å²) in [4.78, 5) is 12.3. The molecule has 1 aromatic carbocycles. The van der Waals surface area contributed by atoms with Crippen LogP contribution in [-0.4, -0.2) is 26.4 Å². The topological polar surface area (TPSA) is 59.8 Å². The number of hydrogen-bond acceptors (Lipinski definition) is 4. The number of nitrogens with one attached hydrogen (secondary N) is 1. The normalized spacial score (nSPS) is 15.2. The molecular weight excluding hydrogens is 391 g/mol. The summed E-state index contributed by atoms with van der Waals surface area (Å²) in [6, 6.07) is 4.99. The van der Waals surface area contributed by atoms with Crippen LogP contribution in [0.2, 0.25) is 10.0 Å². The number of halogens is 2. The highest BCUT2D eigenvalue weighted by molar-refractivity contribution is 7.99. The van der Waals surface area contributed by atoms with Crippen molar-refractivity contribution in [3.63, 3.8) is 0 Å². The molecule has 1 amide bonds. The van der Waals surface area contributed by atoms with Gasteiger partial charge in [-0.25, -0.2) is 0 Å². The minimum Gasteiger partial charge on any atom is -0.324 e. The van der Waals surface area contributed by atoms with Gasteiger partial charge in [0.25, 0.3) is 0 Å². The van der Waals surface area contributed by atoms with Crippen LogP contribution in [0, 0.1) is 0 Å². The largest absolute Gasteiger partial charge is 0.324 e. The van der Waals surface area contributed by atoms with E-state index in [4.69, 9.17) is 23.2 Å². The first-order valence-electron chi connectivity index (χ1n) is 8.89. The van der Waals surface area contributed by atoms with Crippen LogP contribution >= 0.6 is 35.0 Å². The zero-order valence-electron chi connectivity index (χ0n) is 14.7. The van der Waals surface area contributed by atoms with Gasteiger partial charge in [-0.15, -0.1) is 10.2 Å². The molecule has 26 heavy (non-hydrogen) atoms. The van der Waals surface area contributed by atoms with Crippen molar-refractivity contribution in [1.29, 1.82) is 0 Å². The lowest BCUT2D eigenvalue weighted by atomic mass is 9.89. The Morgan fingerprint density at radius 3 is 2.77 bits per heavy atom. The number of nitrogens with zero attached hydrogens (tertiary/aromatic N) is 3. The van der Waals surface area contributed by atoms with E-state index in [-0.39, 0.29) is 11.7 Å². The molecule has 140 valence electrons. The zero-order valence-corrected chi connectivity index (χ0v) is 17.0. The number of rotatable bonds is 6. The van der Waals surface area contributed by atoms with Gasteiger partial charge in [-0.2, -0.15) is 0 Å². The first kappa shape index (κ1) is 19.5. The molecule has 0 saturated heterocycles. The van der Waals surface area contributed by atoms with Gasteiger partial charge in [0.15, 0.2) is 5.16 Å². The molecule has 1 aliphatic carbocycles. The van der Waals surface area contributed by atoms with E-state index in [2.05, 4.69) is 27.0 Å². The summed E-state index contributed by atoms with van der Waals surface area (Å²) in [5.74, 6) is 1.65. The van der Waals surface area contributed by atoms with Crippen molar-refractivity contribution < 1.29 is 4.79 Å². The lowest BCUT2D eigenvalue weighted by Crippen LogP contribution is -2.15. The molecule has 1 fully saturated rings. The van der Waals surface area contributed by atoms with Crippen LogP contribution in [0.1, 0.15) is 50.8 Å². The predicted octanol–water partition coefficient (Wildman–Crippen LogP) is 5.38. The van der Waals surface area contributed by atoms with Gasteiger partial charge in [0, 0.05) is 17.5 Å². The van der Waals surface area contributed by atoms with E-state index < -0.39 is 0 Å². The van der Waals surface area contributed by atoms with Crippen molar-refractivity contribution in [1.82, 2.24) is 14.8 Å². The first-order chi connectivity index (χ1) is 12.6. The number of aromatic nitrogens is 3. The van der Waals surface area contributed by atoms with Crippen molar-refractivity contribution in [2.45, 2.75) is 56.6 Å². The Kier molecular flexibility index (Phi) is 6.84. The fraction of sp³-hybridized carbons (Fsp3) is 0.500. The Morgan fingerprint density at radius 1 is 1.27 bits per heavy atom. The molecular formula is C18H22Cl2N4OS. The minimum absolute atomic E-state index is 0.149. The maximum absolute atomic E-state index is 12.3. The molecule has 5 nitrogen and oxygen atoms in total. The van der Waals surface area contributed by atoms with E-state index in [1.54, 1.807) is 18.2 Å². The number of hydrogen-bond donors (Lipinski definition) is 1. The SMILES string of the molecule is CCn1c(SCC(=O)Nc2cc(Cl)ccc2Cl)nnc1C1CCCCC1. The highest BCUT2D eigenvalue weighted by Gasteiger charge is 2.23. The Labute approximate surface area is 167 Å². The average molecular weight is 413 g/mol. The molecule has 1 N–H and O–H groups in total. The van der Waals surface area contributed by atoms with Crippen molar-refractivity contribution in [2.24, 2.45) is 0 Å². The van der Waals surface area contributed by atoms with Crippen LogP contribution in [0.3, 0.4) is 0 Å². The molecule has 1 aromatic heterocycles. The Hall–Kier alpha value is -1.24. The second-order valence-corrected chi connectivity index (χ2v) is 8.17. The maximum Gasteiger partial charge on any atom is 0.234 e. The summed E-state index contributed by atoms with van der Waals surface area (Å²) in [7, 11) is 0. The third kappa shape index (κ3) is 4.72. The monoisotopic (exact) mass is 412 g/mol. The van der Waals surface area contributed by atoms with E-state index in [1.165, 1.54) is 43.9 Å². The molecule has 0 bridgehead atoms. The quantitative estimate of drug-likeness (QED) is 0.646. The summed E-state index contributed by atoms with van der Waals surface area (Å²) >= 11 is 13.4. The Bertz CT molecular complexity index is 775. The highest BCUT2D eigenvalue weighted by Crippen LogP contribution is 2.33. The van der Waals surface area contributed by atoms with Gasteiger partial charge >= 0.3 is 0 Å². The second kappa shape index (κ2) is 9.11. The third-order valence-corrected chi connectivity index (χ3v) is 6.10. The molecule has 0 spiro atoms. The van der Waals surface area contributed by atoms with Crippen LogP contribution < -0.4 is 5.32 Å². The van der Waals surface area contributed by atoms with Gasteiger partial charge < -0.3 is 9.88 Å². The van der Waals surface area contributed by atoms with Crippen LogP contribution in [0.5, 0.6) is 0 Å². The van der Waals surface area contributed by atoms with E-state index in [0.29, 0.717) is 21.7 Å². The summed E-state index contributed by atoms with van der Waals surface area (Å²) in [5.41, 5.74) is 0.518. The number of carbonyl (C=O) groups excluding carboxylic acids is 1. The fourth-order valence-corrected chi connectivity index (χ4v) is 4.42. The van der Waals surface area contributed by atoms with Crippen molar-refractivity contribution >= 4 is 46.6 Å². The Balaban J connectivity index is 1.63. The maximum atomic E-state index is 12.3. The minimum atomic E-state index is -0.149. The first-order valence-corrected chi connectivity index (χ1v) is 10.6. The summed E-state index contributed by atoms with van der Waals surface area (Å²) in [5, 5.41) is 13.3. The molecule has 0 aliphatic heterocycles.